The standard InChI is InChI=1S/C11H11F3N2O3S/c12-11(13,14)9-2-1-7(5-15-9)10(17)16-8-3-4-20(18,19)6-8/h1-2,5,8H,3-4,6H2,(H,16,17)/t8-/m0/s1. The van der Waals surface area contributed by atoms with Crippen LogP contribution in [0.4, 0.5) is 13.2 Å². The third-order valence-corrected chi connectivity index (χ3v) is 4.65. The largest absolute Gasteiger partial charge is 0.433 e. The van der Waals surface area contributed by atoms with E-state index in [1.807, 2.05) is 0 Å². The number of hydrogen-bond donors (Lipinski definition) is 1. The van der Waals surface area contributed by atoms with Crippen molar-refractivity contribution in [2.45, 2.75) is 18.6 Å². The summed E-state index contributed by atoms with van der Waals surface area (Å²) >= 11 is 0. The van der Waals surface area contributed by atoms with Crippen molar-refractivity contribution in [1.82, 2.24) is 10.3 Å². The van der Waals surface area contributed by atoms with Crippen LogP contribution in [0.5, 0.6) is 0 Å². The highest BCUT2D eigenvalue weighted by Crippen LogP contribution is 2.27. The summed E-state index contributed by atoms with van der Waals surface area (Å²) in [6.45, 7) is 0. The lowest BCUT2D eigenvalue weighted by Crippen LogP contribution is -2.35. The summed E-state index contributed by atoms with van der Waals surface area (Å²) in [5.74, 6) is -0.774. The lowest BCUT2D eigenvalue weighted by molar-refractivity contribution is -0.141. The molecule has 1 atom stereocenters. The lowest BCUT2D eigenvalue weighted by atomic mass is 10.2. The van der Waals surface area contributed by atoms with Crippen molar-refractivity contribution in [2.75, 3.05) is 11.5 Å². The van der Waals surface area contributed by atoms with Gasteiger partial charge >= 0.3 is 6.18 Å². The Hall–Kier alpha value is -1.64. The lowest BCUT2D eigenvalue weighted by Gasteiger charge is -2.11. The molecular formula is C11H11F3N2O3S. The van der Waals surface area contributed by atoms with Crippen LogP contribution in [-0.4, -0.2) is 36.9 Å². The monoisotopic (exact) mass is 308 g/mol. The Kier molecular flexibility index (Phi) is 3.72. The van der Waals surface area contributed by atoms with Crippen LogP contribution in [0.2, 0.25) is 0 Å². The highest BCUT2D eigenvalue weighted by molar-refractivity contribution is 7.91. The minimum atomic E-state index is -4.56. The number of halogens is 3. The highest BCUT2D eigenvalue weighted by Gasteiger charge is 2.33. The topological polar surface area (TPSA) is 76.1 Å². The predicted molar refractivity (Wildman–Crippen MR) is 63.8 cm³/mol. The quantitative estimate of drug-likeness (QED) is 0.885. The fourth-order valence-electron chi connectivity index (χ4n) is 1.87. The zero-order valence-corrected chi connectivity index (χ0v) is 11.0. The molecule has 2 rings (SSSR count). The third-order valence-electron chi connectivity index (χ3n) is 2.88. The van der Waals surface area contributed by atoms with Crippen LogP contribution in [0.1, 0.15) is 22.5 Å². The minimum Gasteiger partial charge on any atom is -0.348 e. The van der Waals surface area contributed by atoms with Gasteiger partial charge in [-0.2, -0.15) is 13.2 Å². The zero-order chi connectivity index (χ0) is 15.0. The molecule has 1 saturated heterocycles. The number of nitrogens with one attached hydrogen (secondary N) is 1. The van der Waals surface area contributed by atoms with Gasteiger partial charge in [0.25, 0.3) is 5.91 Å². The third kappa shape index (κ3) is 3.47. The van der Waals surface area contributed by atoms with E-state index in [0.29, 0.717) is 12.5 Å². The first kappa shape index (κ1) is 14.8. The number of nitrogens with zero attached hydrogens (tertiary/aromatic N) is 1. The molecule has 0 unspecified atom stereocenters. The Morgan fingerprint density at radius 1 is 1.35 bits per heavy atom. The van der Waals surface area contributed by atoms with Crippen LogP contribution in [0.3, 0.4) is 0 Å². The number of rotatable bonds is 2. The summed E-state index contributed by atoms with van der Waals surface area (Å²) in [6.07, 6.45) is -3.43. The van der Waals surface area contributed by atoms with Gasteiger partial charge in [0.15, 0.2) is 9.84 Å². The second-order valence-corrected chi connectivity index (χ2v) is 6.73. The first-order chi connectivity index (χ1) is 9.17. The van der Waals surface area contributed by atoms with Crippen molar-refractivity contribution in [3.63, 3.8) is 0 Å². The van der Waals surface area contributed by atoms with Crippen molar-refractivity contribution >= 4 is 15.7 Å². The van der Waals surface area contributed by atoms with Gasteiger partial charge in [0, 0.05) is 12.2 Å². The Balaban J connectivity index is 2.03. The van der Waals surface area contributed by atoms with Crippen molar-refractivity contribution in [3.05, 3.63) is 29.6 Å². The van der Waals surface area contributed by atoms with Crippen molar-refractivity contribution in [2.24, 2.45) is 0 Å². The van der Waals surface area contributed by atoms with E-state index in [2.05, 4.69) is 10.3 Å². The summed E-state index contributed by atoms with van der Waals surface area (Å²) < 4.78 is 59.4. The Labute approximate surface area is 113 Å². The number of sulfone groups is 1. The van der Waals surface area contributed by atoms with Gasteiger partial charge in [-0.3, -0.25) is 9.78 Å². The molecule has 0 spiro atoms. The Bertz CT molecular complexity index is 611. The number of carbonyl (C=O) groups excluding carboxylic acids is 1. The van der Waals surface area contributed by atoms with E-state index >= 15 is 0 Å². The molecule has 1 aromatic heterocycles. The molecule has 1 N–H and O–H groups in total. The molecule has 0 bridgehead atoms. The second-order valence-electron chi connectivity index (χ2n) is 4.50. The maximum absolute atomic E-state index is 12.3. The number of alkyl halides is 3. The molecule has 1 aromatic rings. The number of amides is 1. The van der Waals surface area contributed by atoms with Crippen LogP contribution in [-0.2, 0) is 16.0 Å². The first-order valence-corrected chi connectivity index (χ1v) is 7.54. The summed E-state index contributed by atoms with van der Waals surface area (Å²) in [5, 5.41) is 2.47. The molecule has 110 valence electrons. The van der Waals surface area contributed by atoms with E-state index in [9.17, 15) is 26.4 Å². The molecule has 0 aliphatic carbocycles. The van der Waals surface area contributed by atoms with Gasteiger partial charge in [0.2, 0.25) is 0 Å². The van der Waals surface area contributed by atoms with Gasteiger partial charge in [-0.05, 0) is 18.6 Å². The molecule has 1 fully saturated rings. The maximum Gasteiger partial charge on any atom is 0.433 e. The number of aromatic nitrogens is 1. The summed E-state index contributed by atoms with van der Waals surface area (Å²) in [5.41, 5.74) is -1.13. The maximum atomic E-state index is 12.3. The molecule has 1 aliphatic heterocycles. The fraction of sp³-hybridized carbons (Fsp3) is 0.455. The molecule has 0 aromatic carbocycles. The molecule has 9 heteroatoms. The Morgan fingerprint density at radius 2 is 2.05 bits per heavy atom. The normalized spacial score (nSPS) is 21.6. The molecule has 0 radical (unpaired) electrons. The van der Waals surface area contributed by atoms with Gasteiger partial charge in [-0.25, -0.2) is 8.42 Å². The van der Waals surface area contributed by atoms with E-state index in [-0.39, 0.29) is 17.1 Å². The van der Waals surface area contributed by atoms with Crippen molar-refractivity contribution in [1.29, 1.82) is 0 Å². The van der Waals surface area contributed by atoms with Crippen LogP contribution in [0.15, 0.2) is 18.3 Å². The zero-order valence-electron chi connectivity index (χ0n) is 10.1. The molecule has 1 amide bonds. The number of carbonyl (C=O) groups is 1. The van der Waals surface area contributed by atoms with E-state index < -0.39 is 33.7 Å². The van der Waals surface area contributed by atoms with Gasteiger partial charge in [-0.15, -0.1) is 0 Å². The molecular weight excluding hydrogens is 297 g/mol. The van der Waals surface area contributed by atoms with Gasteiger partial charge in [-0.1, -0.05) is 0 Å². The smallest absolute Gasteiger partial charge is 0.348 e. The van der Waals surface area contributed by atoms with Gasteiger partial charge in [0.1, 0.15) is 5.69 Å². The average molecular weight is 308 g/mol. The summed E-state index contributed by atoms with van der Waals surface area (Å²) in [6, 6.07) is 1.21. The molecule has 1 aliphatic rings. The van der Waals surface area contributed by atoms with Gasteiger partial charge in [0.05, 0.1) is 17.1 Å². The van der Waals surface area contributed by atoms with Crippen molar-refractivity contribution < 1.29 is 26.4 Å². The molecule has 5 nitrogen and oxygen atoms in total. The van der Waals surface area contributed by atoms with E-state index in [4.69, 9.17) is 0 Å². The molecule has 0 saturated carbocycles. The van der Waals surface area contributed by atoms with Crippen LogP contribution in [0, 0.1) is 0 Å². The van der Waals surface area contributed by atoms with E-state index in [0.717, 1.165) is 12.3 Å². The average Bonchev–Trinajstić information content (AvgIpc) is 2.67. The fourth-order valence-corrected chi connectivity index (χ4v) is 3.55. The van der Waals surface area contributed by atoms with Gasteiger partial charge < -0.3 is 5.32 Å². The van der Waals surface area contributed by atoms with Crippen LogP contribution in [0.25, 0.3) is 0 Å². The van der Waals surface area contributed by atoms with Crippen LogP contribution >= 0.6 is 0 Å². The van der Waals surface area contributed by atoms with E-state index in [1.165, 1.54) is 0 Å². The first-order valence-electron chi connectivity index (χ1n) is 5.72. The predicted octanol–water partition coefficient (Wildman–Crippen LogP) is 1.02. The minimum absolute atomic E-state index is 0.00318. The Morgan fingerprint density at radius 3 is 2.50 bits per heavy atom. The van der Waals surface area contributed by atoms with Crippen LogP contribution < -0.4 is 5.32 Å². The SMILES string of the molecule is O=C(N[C@H]1CCS(=O)(=O)C1)c1ccc(C(F)(F)F)nc1. The summed E-state index contributed by atoms with van der Waals surface area (Å²) in [7, 11) is -3.13. The number of pyridine rings is 1. The van der Waals surface area contributed by atoms with Crippen molar-refractivity contribution in [3.8, 4) is 0 Å². The number of hydrogen-bond acceptors (Lipinski definition) is 4. The van der Waals surface area contributed by atoms with E-state index in [1.54, 1.807) is 0 Å². The molecule has 20 heavy (non-hydrogen) atoms. The highest BCUT2D eigenvalue weighted by atomic mass is 32.2. The molecule has 2 heterocycles. The summed E-state index contributed by atoms with van der Waals surface area (Å²) in [4.78, 5) is 14.9. The second kappa shape index (κ2) is 5.04.